The van der Waals surface area contributed by atoms with E-state index >= 15 is 0 Å². The van der Waals surface area contributed by atoms with E-state index in [1.54, 1.807) is 12.3 Å². The molecule has 0 spiro atoms. The Morgan fingerprint density at radius 1 is 1.29 bits per heavy atom. The number of benzene rings is 1. The third-order valence-electron chi connectivity index (χ3n) is 3.69. The molecule has 0 fully saturated rings. The van der Waals surface area contributed by atoms with Crippen LogP contribution in [0.1, 0.15) is 30.1 Å². The first-order chi connectivity index (χ1) is 10.1. The standard InChI is InChI=1S/C17H16ClNO2/c1-11-4-5-13(18)9-16(11)19-14-7-12(8-15(20)10-14)17-3-2-6-21-17/h2-6,9-10,12,19H,7-8H2,1H3/t12-/m1/s1. The van der Waals surface area contributed by atoms with E-state index in [0.29, 0.717) is 11.4 Å². The molecule has 0 saturated carbocycles. The number of furan rings is 1. The van der Waals surface area contributed by atoms with E-state index in [4.69, 9.17) is 16.0 Å². The number of hydrogen-bond acceptors (Lipinski definition) is 3. The summed E-state index contributed by atoms with van der Waals surface area (Å²) >= 11 is 6.03. The molecule has 0 bridgehead atoms. The van der Waals surface area contributed by atoms with Gasteiger partial charge in [-0.2, -0.15) is 0 Å². The second-order valence-corrected chi connectivity index (χ2v) is 5.78. The largest absolute Gasteiger partial charge is 0.469 e. The Hall–Kier alpha value is -2.00. The number of carbonyl (C=O) groups excluding carboxylic acids is 1. The number of ketones is 1. The number of aryl methyl sites for hydroxylation is 1. The van der Waals surface area contributed by atoms with Gasteiger partial charge in [0.1, 0.15) is 5.76 Å². The van der Waals surface area contributed by atoms with E-state index in [0.717, 1.165) is 29.1 Å². The molecule has 3 nitrogen and oxygen atoms in total. The van der Waals surface area contributed by atoms with Crippen LogP contribution in [0.3, 0.4) is 0 Å². The highest BCUT2D eigenvalue weighted by molar-refractivity contribution is 6.30. The van der Waals surface area contributed by atoms with Gasteiger partial charge in [-0.1, -0.05) is 17.7 Å². The Bertz CT molecular complexity index is 689. The van der Waals surface area contributed by atoms with Gasteiger partial charge in [-0.15, -0.1) is 0 Å². The molecule has 0 radical (unpaired) electrons. The Kier molecular flexibility index (Phi) is 3.84. The molecule has 0 unspecified atom stereocenters. The fourth-order valence-corrected chi connectivity index (χ4v) is 2.78. The van der Waals surface area contributed by atoms with E-state index < -0.39 is 0 Å². The molecule has 1 aromatic heterocycles. The van der Waals surface area contributed by atoms with Crippen LogP contribution >= 0.6 is 11.6 Å². The first-order valence-electron chi connectivity index (χ1n) is 6.92. The van der Waals surface area contributed by atoms with Crippen LogP contribution in [-0.4, -0.2) is 5.78 Å². The maximum Gasteiger partial charge on any atom is 0.158 e. The summed E-state index contributed by atoms with van der Waals surface area (Å²) < 4.78 is 5.43. The van der Waals surface area contributed by atoms with Gasteiger partial charge in [-0.05, 0) is 43.2 Å². The molecule has 0 aliphatic heterocycles. The second kappa shape index (κ2) is 5.78. The van der Waals surface area contributed by atoms with Crippen molar-refractivity contribution in [2.45, 2.75) is 25.7 Å². The highest BCUT2D eigenvalue weighted by Crippen LogP contribution is 2.33. The van der Waals surface area contributed by atoms with E-state index in [9.17, 15) is 4.79 Å². The number of halogens is 1. The van der Waals surface area contributed by atoms with Gasteiger partial charge in [0.25, 0.3) is 0 Å². The summed E-state index contributed by atoms with van der Waals surface area (Å²) in [6.07, 6.45) is 4.57. The quantitative estimate of drug-likeness (QED) is 0.894. The lowest BCUT2D eigenvalue weighted by Crippen LogP contribution is -2.16. The summed E-state index contributed by atoms with van der Waals surface area (Å²) in [7, 11) is 0. The minimum Gasteiger partial charge on any atom is -0.469 e. The van der Waals surface area contributed by atoms with Crippen LogP contribution in [-0.2, 0) is 4.79 Å². The van der Waals surface area contributed by atoms with Gasteiger partial charge in [0.15, 0.2) is 5.78 Å². The molecule has 2 aromatic rings. The van der Waals surface area contributed by atoms with Crippen molar-refractivity contribution in [1.29, 1.82) is 0 Å². The number of nitrogens with one attached hydrogen (secondary N) is 1. The Morgan fingerprint density at radius 2 is 2.14 bits per heavy atom. The summed E-state index contributed by atoms with van der Waals surface area (Å²) in [6, 6.07) is 9.46. The van der Waals surface area contributed by atoms with Gasteiger partial charge in [0.2, 0.25) is 0 Å². The average Bonchev–Trinajstić information content (AvgIpc) is 2.96. The third kappa shape index (κ3) is 3.19. The first kappa shape index (κ1) is 14.0. The molecular weight excluding hydrogens is 286 g/mol. The van der Waals surface area contributed by atoms with Crippen molar-refractivity contribution in [2.75, 3.05) is 5.32 Å². The van der Waals surface area contributed by atoms with E-state index in [-0.39, 0.29) is 11.7 Å². The number of carbonyl (C=O) groups is 1. The van der Waals surface area contributed by atoms with Crippen molar-refractivity contribution in [3.8, 4) is 0 Å². The number of anilines is 1. The molecule has 21 heavy (non-hydrogen) atoms. The van der Waals surface area contributed by atoms with Gasteiger partial charge < -0.3 is 9.73 Å². The van der Waals surface area contributed by atoms with E-state index in [1.165, 1.54) is 0 Å². The highest BCUT2D eigenvalue weighted by atomic mass is 35.5. The fourth-order valence-electron chi connectivity index (χ4n) is 2.61. The molecule has 1 aliphatic rings. The predicted molar refractivity (Wildman–Crippen MR) is 83.6 cm³/mol. The molecule has 1 heterocycles. The molecule has 108 valence electrons. The lowest BCUT2D eigenvalue weighted by Gasteiger charge is -2.22. The maximum absolute atomic E-state index is 11.9. The molecule has 3 rings (SSSR count). The highest BCUT2D eigenvalue weighted by Gasteiger charge is 2.24. The minimum absolute atomic E-state index is 0.0968. The third-order valence-corrected chi connectivity index (χ3v) is 3.92. The second-order valence-electron chi connectivity index (χ2n) is 5.34. The number of allylic oxidation sites excluding steroid dienone is 2. The molecule has 1 aromatic carbocycles. The van der Waals surface area contributed by atoms with Crippen molar-refractivity contribution in [2.24, 2.45) is 0 Å². The lowest BCUT2D eigenvalue weighted by molar-refractivity contribution is -0.115. The minimum atomic E-state index is 0.0968. The average molecular weight is 302 g/mol. The van der Waals surface area contributed by atoms with Crippen LogP contribution in [0.25, 0.3) is 0 Å². The lowest BCUT2D eigenvalue weighted by atomic mass is 9.89. The van der Waals surface area contributed by atoms with Crippen molar-refractivity contribution in [1.82, 2.24) is 0 Å². The van der Waals surface area contributed by atoms with Crippen LogP contribution in [0.15, 0.2) is 52.8 Å². The van der Waals surface area contributed by atoms with Gasteiger partial charge in [0, 0.05) is 34.8 Å². The van der Waals surface area contributed by atoms with Crippen molar-refractivity contribution in [3.05, 3.63) is 64.7 Å². The summed E-state index contributed by atoms with van der Waals surface area (Å²) in [5, 5.41) is 4.00. The maximum atomic E-state index is 11.9. The van der Waals surface area contributed by atoms with Crippen LogP contribution in [0, 0.1) is 6.92 Å². The summed E-state index contributed by atoms with van der Waals surface area (Å²) in [6.45, 7) is 2.01. The smallest absolute Gasteiger partial charge is 0.158 e. The molecule has 4 heteroatoms. The van der Waals surface area contributed by atoms with Crippen molar-refractivity contribution in [3.63, 3.8) is 0 Å². The van der Waals surface area contributed by atoms with Gasteiger partial charge in [-0.3, -0.25) is 4.79 Å². The normalized spacial score (nSPS) is 18.5. The van der Waals surface area contributed by atoms with Crippen molar-refractivity contribution < 1.29 is 9.21 Å². The number of rotatable bonds is 3. The Morgan fingerprint density at radius 3 is 2.90 bits per heavy atom. The van der Waals surface area contributed by atoms with Crippen LogP contribution in [0.2, 0.25) is 5.02 Å². The molecule has 1 N–H and O–H groups in total. The van der Waals surface area contributed by atoms with Gasteiger partial charge in [0.05, 0.1) is 6.26 Å². The summed E-state index contributed by atoms with van der Waals surface area (Å²) in [5.74, 6) is 1.07. The Labute approximate surface area is 128 Å². The predicted octanol–water partition coefficient (Wildman–Crippen LogP) is 4.68. The molecule has 1 atom stereocenters. The SMILES string of the molecule is Cc1ccc(Cl)cc1NC1=CC(=O)C[C@H](c2ccco2)C1. The van der Waals surface area contributed by atoms with E-state index in [2.05, 4.69) is 5.32 Å². The zero-order valence-electron chi connectivity index (χ0n) is 11.7. The summed E-state index contributed by atoms with van der Waals surface area (Å²) in [4.78, 5) is 11.9. The van der Waals surface area contributed by atoms with Crippen molar-refractivity contribution >= 4 is 23.1 Å². The van der Waals surface area contributed by atoms with Gasteiger partial charge >= 0.3 is 0 Å². The zero-order chi connectivity index (χ0) is 14.8. The zero-order valence-corrected chi connectivity index (χ0v) is 12.5. The topological polar surface area (TPSA) is 42.2 Å². The summed E-state index contributed by atoms with van der Waals surface area (Å²) in [5.41, 5.74) is 2.92. The van der Waals surface area contributed by atoms with E-state index in [1.807, 2.05) is 37.3 Å². The van der Waals surface area contributed by atoms with Crippen LogP contribution in [0.4, 0.5) is 5.69 Å². The van der Waals surface area contributed by atoms with Crippen LogP contribution < -0.4 is 5.32 Å². The Balaban J connectivity index is 1.81. The van der Waals surface area contributed by atoms with Crippen LogP contribution in [0.5, 0.6) is 0 Å². The fraction of sp³-hybridized carbons (Fsp3) is 0.235. The molecular formula is C17H16ClNO2. The molecule has 1 aliphatic carbocycles. The van der Waals surface area contributed by atoms with Gasteiger partial charge in [-0.25, -0.2) is 0 Å². The molecule has 0 amide bonds. The number of hydrogen-bond donors (Lipinski definition) is 1. The monoisotopic (exact) mass is 301 g/mol. The molecule has 0 saturated heterocycles. The first-order valence-corrected chi connectivity index (χ1v) is 7.29.